The summed E-state index contributed by atoms with van der Waals surface area (Å²) >= 11 is 0. The number of hydrogen-bond donors (Lipinski definition) is 1. The Morgan fingerprint density at radius 1 is 1.31 bits per heavy atom. The lowest BCUT2D eigenvalue weighted by Gasteiger charge is -2.10. The molecule has 1 aromatic carbocycles. The van der Waals surface area contributed by atoms with E-state index in [9.17, 15) is 4.39 Å². The van der Waals surface area contributed by atoms with Gasteiger partial charge in [0, 0.05) is 12.6 Å². The van der Waals surface area contributed by atoms with Crippen LogP contribution in [0, 0.1) is 5.82 Å². The quantitative estimate of drug-likeness (QED) is 0.753. The zero-order valence-corrected chi connectivity index (χ0v) is 8.18. The second kappa shape index (κ2) is 4.97. The SMILES string of the molecule is CC[C@@H](C)NCc1ccc(F)cc1. The van der Waals surface area contributed by atoms with Crippen molar-refractivity contribution in [3.8, 4) is 0 Å². The molecule has 0 amide bonds. The zero-order valence-electron chi connectivity index (χ0n) is 8.18. The normalized spacial score (nSPS) is 12.8. The van der Waals surface area contributed by atoms with Crippen molar-refractivity contribution < 1.29 is 4.39 Å². The number of benzene rings is 1. The van der Waals surface area contributed by atoms with Crippen molar-refractivity contribution in [1.82, 2.24) is 5.32 Å². The van der Waals surface area contributed by atoms with Crippen molar-refractivity contribution in [3.05, 3.63) is 35.6 Å². The molecule has 1 aromatic rings. The Morgan fingerprint density at radius 3 is 2.46 bits per heavy atom. The molecule has 72 valence electrons. The van der Waals surface area contributed by atoms with Crippen molar-refractivity contribution in [2.24, 2.45) is 0 Å². The summed E-state index contributed by atoms with van der Waals surface area (Å²) in [4.78, 5) is 0. The molecule has 1 rings (SSSR count). The number of nitrogens with one attached hydrogen (secondary N) is 1. The third kappa shape index (κ3) is 3.55. The summed E-state index contributed by atoms with van der Waals surface area (Å²) in [6, 6.07) is 7.13. The van der Waals surface area contributed by atoms with Gasteiger partial charge < -0.3 is 5.32 Å². The second-order valence-corrected chi connectivity index (χ2v) is 3.32. The van der Waals surface area contributed by atoms with E-state index in [0.717, 1.165) is 18.5 Å². The van der Waals surface area contributed by atoms with Crippen LogP contribution in [-0.4, -0.2) is 6.04 Å². The van der Waals surface area contributed by atoms with Gasteiger partial charge in [0.1, 0.15) is 5.82 Å². The molecule has 0 saturated heterocycles. The largest absolute Gasteiger partial charge is 0.310 e. The highest BCUT2D eigenvalue weighted by Gasteiger charge is 1.97. The van der Waals surface area contributed by atoms with Gasteiger partial charge in [0.15, 0.2) is 0 Å². The number of halogens is 1. The van der Waals surface area contributed by atoms with E-state index in [1.165, 1.54) is 12.1 Å². The highest BCUT2D eigenvalue weighted by Crippen LogP contribution is 2.02. The van der Waals surface area contributed by atoms with E-state index in [4.69, 9.17) is 0 Å². The average molecular weight is 181 g/mol. The van der Waals surface area contributed by atoms with E-state index < -0.39 is 0 Å². The Kier molecular flexibility index (Phi) is 3.90. The van der Waals surface area contributed by atoms with E-state index in [-0.39, 0.29) is 5.82 Å². The lowest BCUT2D eigenvalue weighted by atomic mass is 10.2. The molecule has 1 atom stereocenters. The lowest BCUT2D eigenvalue weighted by molar-refractivity contribution is 0.533. The summed E-state index contributed by atoms with van der Waals surface area (Å²) in [5, 5.41) is 3.35. The molecule has 0 aromatic heterocycles. The van der Waals surface area contributed by atoms with Crippen LogP contribution in [0.3, 0.4) is 0 Å². The van der Waals surface area contributed by atoms with Crippen LogP contribution in [0.4, 0.5) is 4.39 Å². The number of hydrogen-bond acceptors (Lipinski definition) is 1. The van der Waals surface area contributed by atoms with Gasteiger partial charge in [-0.3, -0.25) is 0 Å². The molecule has 0 unspecified atom stereocenters. The summed E-state index contributed by atoms with van der Waals surface area (Å²) in [6.07, 6.45) is 1.11. The van der Waals surface area contributed by atoms with Crippen molar-refractivity contribution in [1.29, 1.82) is 0 Å². The Balaban J connectivity index is 2.41. The van der Waals surface area contributed by atoms with E-state index in [0.29, 0.717) is 6.04 Å². The molecule has 0 aliphatic carbocycles. The summed E-state index contributed by atoms with van der Waals surface area (Å²) in [7, 11) is 0. The van der Waals surface area contributed by atoms with Crippen LogP contribution in [-0.2, 0) is 6.54 Å². The third-order valence-corrected chi connectivity index (χ3v) is 2.18. The first-order valence-electron chi connectivity index (χ1n) is 4.70. The van der Waals surface area contributed by atoms with E-state index in [1.807, 2.05) is 12.1 Å². The second-order valence-electron chi connectivity index (χ2n) is 3.32. The average Bonchev–Trinajstić information content (AvgIpc) is 2.16. The Hall–Kier alpha value is -0.890. The molecule has 0 aliphatic heterocycles. The molecule has 0 saturated carbocycles. The summed E-state index contributed by atoms with van der Waals surface area (Å²) < 4.78 is 12.5. The highest BCUT2D eigenvalue weighted by molar-refractivity contribution is 5.15. The first-order valence-corrected chi connectivity index (χ1v) is 4.70. The monoisotopic (exact) mass is 181 g/mol. The van der Waals surface area contributed by atoms with Crippen LogP contribution in [0.25, 0.3) is 0 Å². The van der Waals surface area contributed by atoms with Gasteiger partial charge in [-0.15, -0.1) is 0 Å². The predicted molar refractivity (Wildman–Crippen MR) is 53.0 cm³/mol. The maximum Gasteiger partial charge on any atom is 0.123 e. The molecule has 0 aliphatic rings. The molecule has 1 nitrogen and oxygen atoms in total. The summed E-state index contributed by atoms with van der Waals surface area (Å²) in [6.45, 7) is 5.10. The minimum atomic E-state index is -0.174. The van der Waals surface area contributed by atoms with Gasteiger partial charge in [-0.1, -0.05) is 19.1 Å². The highest BCUT2D eigenvalue weighted by atomic mass is 19.1. The fourth-order valence-corrected chi connectivity index (χ4v) is 1.04. The lowest BCUT2D eigenvalue weighted by Crippen LogP contribution is -2.24. The van der Waals surface area contributed by atoms with Crippen LogP contribution in [0.5, 0.6) is 0 Å². The van der Waals surface area contributed by atoms with Gasteiger partial charge in [0.25, 0.3) is 0 Å². The van der Waals surface area contributed by atoms with E-state index in [2.05, 4.69) is 19.2 Å². The van der Waals surface area contributed by atoms with Gasteiger partial charge in [0.2, 0.25) is 0 Å². The third-order valence-electron chi connectivity index (χ3n) is 2.18. The number of rotatable bonds is 4. The molecule has 0 spiro atoms. The van der Waals surface area contributed by atoms with Crippen LogP contribution in [0.1, 0.15) is 25.8 Å². The van der Waals surface area contributed by atoms with E-state index in [1.54, 1.807) is 0 Å². The molecule has 0 heterocycles. The van der Waals surface area contributed by atoms with Crippen LogP contribution in [0.2, 0.25) is 0 Å². The topological polar surface area (TPSA) is 12.0 Å². The molecular formula is C11H16FN. The fraction of sp³-hybridized carbons (Fsp3) is 0.455. The minimum absolute atomic E-state index is 0.174. The Labute approximate surface area is 79.0 Å². The van der Waals surface area contributed by atoms with Crippen LogP contribution >= 0.6 is 0 Å². The first-order chi connectivity index (χ1) is 6.22. The molecule has 1 N–H and O–H groups in total. The Bertz CT molecular complexity index is 243. The van der Waals surface area contributed by atoms with Gasteiger partial charge in [-0.2, -0.15) is 0 Å². The first kappa shape index (κ1) is 10.2. The summed E-state index contributed by atoms with van der Waals surface area (Å²) in [5.41, 5.74) is 1.13. The Morgan fingerprint density at radius 2 is 1.92 bits per heavy atom. The fourth-order valence-electron chi connectivity index (χ4n) is 1.04. The predicted octanol–water partition coefficient (Wildman–Crippen LogP) is 2.71. The zero-order chi connectivity index (χ0) is 9.68. The van der Waals surface area contributed by atoms with Crippen molar-refractivity contribution >= 4 is 0 Å². The minimum Gasteiger partial charge on any atom is -0.310 e. The van der Waals surface area contributed by atoms with Gasteiger partial charge in [0.05, 0.1) is 0 Å². The van der Waals surface area contributed by atoms with Crippen LogP contribution in [0.15, 0.2) is 24.3 Å². The molecular weight excluding hydrogens is 165 g/mol. The van der Waals surface area contributed by atoms with Gasteiger partial charge in [-0.25, -0.2) is 4.39 Å². The van der Waals surface area contributed by atoms with Gasteiger partial charge >= 0.3 is 0 Å². The van der Waals surface area contributed by atoms with E-state index >= 15 is 0 Å². The smallest absolute Gasteiger partial charge is 0.123 e. The van der Waals surface area contributed by atoms with Crippen molar-refractivity contribution in [2.45, 2.75) is 32.9 Å². The standard InChI is InChI=1S/C11H16FN/c1-3-9(2)13-8-10-4-6-11(12)7-5-10/h4-7,9,13H,3,8H2,1-2H3/t9-/m1/s1. The summed E-state index contributed by atoms with van der Waals surface area (Å²) in [5.74, 6) is -0.174. The van der Waals surface area contributed by atoms with Crippen molar-refractivity contribution in [3.63, 3.8) is 0 Å². The van der Waals surface area contributed by atoms with Crippen LogP contribution < -0.4 is 5.32 Å². The molecule has 0 fully saturated rings. The maximum absolute atomic E-state index is 12.5. The molecule has 0 bridgehead atoms. The van der Waals surface area contributed by atoms with Gasteiger partial charge in [-0.05, 0) is 31.0 Å². The molecule has 2 heteroatoms. The molecule has 0 radical (unpaired) electrons. The maximum atomic E-state index is 12.5. The molecule has 13 heavy (non-hydrogen) atoms. The van der Waals surface area contributed by atoms with Crippen molar-refractivity contribution in [2.75, 3.05) is 0 Å².